The second kappa shape index (κ2) is 7.59. The first-order valence-corrected chi connectivity index (χ1v) is 7.80. The fraction of sp³-hybridized carbons (Fsp3) is 0.133. The van der Waals surface area contributed by atoms with Gasteiger partial charge in [0, 0.05) is 0 Å². The number of carbonyl (C=O) groups is 2. The van der Waals surface area contributed by atoms with Gasteiger partial charge in [0.15, 0.2) is 5.78 Å². The molecule has 24 heavy (non-hydrogen) atoms. The standard InChI is InChI=1S/C15H10ClF3N2O2S/c16-10-5-2-1-4-9(10)14(23)21-20-13(15(17,18)19)8-11(22)12-6-3-7-24-12/h1-7H,8H2,(H,21,23)/b20-13-. The number of hydrogen-bond donors (Lipinski definition) is 1. The average Bonchev–Trinajstić information content (AvgIpc) is 3.04. The van der Waals surface area contributed by atoms with Crippen LogP contribution in [-0.4, -0.2) is 23.6 Å². The van der Waals surface area contributed by atoms with Gasteiger partial charge in [-0.15, -0.1) is 11.3 Å². The monoisotopic (exact) mass is 374 g/mol. The average molecular weight is 375 g/mol. The number of halogens is 4. The van der Waals surface area contributed by atoms with Crippen LogP contribution in [0.5, 0.6) is 0 Å². The third kappa shape index (κ3) is 4.65. The fourth-order valence-electron chi connectivity index (χ4n) is 1.70. The van der Waals surface area contributed by atoms with Crippen LogP contribution < -0.4 is 5.43 Å². The van der Waals surface area contributed by atoms with Crippen molar-refractivity contribution < 1.29 is 22.8 Å². The van der Waals surface area contributed by atoms with Crippen molar-refractivity contribution in [3.8, 4) is 0 Å². The van der Waals surface area contributed by atoms with E-state index in [0.717, 1.165) is 11.3 Å². The molecule has 0 radical (unpaired) electrons. The van der Waals surface area contributed by atoms with Crippen molar-refractivity contribution in [3.05, 3.63) is 57.2 Å². The molecule has 1 amide bonds. The van der Waals surface area contributed by atoms with Crippen molar-refractivity contribution in [2.24, 2.45) is 5.10 Å². The van der Waals surface area contributed by atoms with E-state index >= 15 is 0 Å². The summed E-state index contributed by atoms with van der Waals surface area (Å²) in [6, 6.07) is 8.83. The largest absolute Gasteiger partial charge is 0.431 e. The molecule has 0 saturated carbocycles. The number of benzene rings is 1. The number of nitrogens with zero attached hydrogens (tertiary/aromatic N) is 1. The zero-order valence-corrected chi connectivity index (χ0v) is 13.5. The zero-order valence-electron chi connectivity index (χ0n) is 11.9. The highest BCUT2D eigenvalue weighted by Gasteiger charge is 2.37. The molecule has 0 spiro atoms. The Labute approximate surface area is 143 Å². The van der Waals surface area contributed by atoms with Gasteiger partial charge in [-0.1, -0.05) is 29.8 Å². The Balaban J connectivity index is 2.16. The lowest BCUT2D eigenvalue weighted by molar-refractivity contribution is -0.0605. The summed E-state index contributed by atoms with van der Waals surface area (Å²) < 4.78 is 39.0. The number of alkyl halides is 3. The van der Waals surface area contributed by atoms with Gasteiger partial charge in [-0.25, -0.2) is 5.43 Å². The molecule has 0 bridgehead atoms. The number of hydrogen-bond acceptors (Lipinski definition) is 4. The van der Waals surface area contributed by atoms with Crippen molar-refractivity contribution in [1.82, 2.24) is 5.43 Å². The van der Waals surface area contributed by atoms with Crippen LogP contribution in [0.4, 0.5) is 13.2 Å². The van der Waals surface area contributed by atoms with Gasteiger partial charge in [0.05, 0.1) is 21.9 Å². The Bertz CT molecular complexity index is 773. The number of carbonyl (C=O) groups excluding carboxylic acids is 2. The lowest BCUT2D eigenvalue weighted by Crippen LogP contribution is -2.30. The van der Waals surface area contributed by atoms with E-state index in [2.05, 4.69) is 5.10 Å². The van der Waals surface area contributed by atoms with Crippen molar-refractivity contribution >= 4 is 40.3 Å². The Morgan fingerprint density at radius 2 is 1.88 bits per heavy atom. The normalized spacial score (nSPS) is 12.1. The maximum atomic E-state index is 13.0. The van der Waals surface area contributed by atoms with Crippen LogP contribution in [0.1, 0.15) is 26.5 Å². The molecule has 9 heteroatoms. The van der Waals surface area contributed by atoms with Gasteiger partial charge in [0.1, 0.15) is 5.71 Å². The van der Waals surface area contributed by atoms with E-state index < -0.39 is 30.0 Å². The number of thiophene rings is 1. The summed E-state index contributed by atoms with van der Waals surface area (Å²) in [6.45, 7) is 0. The molecular formula is C15H10ClF3N2O2S. The second-order valence-electron chi connectivity index (χ2n) is 4.55. The second-order valence-corrected chi connectivity index (χ2v) is 5.91. The first-order valence-electron chi connectivity index (χ1n) is 6.54. The highest BCUT2D eigenvalue weighted by molar-refractivity contribution is 7.12. The van der Waals surface area contributed by atoms with Gasteiger partial charge >= 0.3 is 6.18 Å². The Kier molecular flexibility index (Phi) is 5.74. The predicted octanol–water partition coefficient (Wildman–Crippen LogP) is 4.32. The molecule has 0 aliphatic heterocycles. The summed E-state index contributed by atoms with van der Waals surface area (Å²) >= 11 is 6.82. The number of hydrazone groups is 1. The summed E-state index contributed by atoms with van der Waals surface area (Å²) in [5, 5.41) is 4.74. The summed E-state index contributed by atoms with van der Waals surface area (Å²) in [6.07, 6.45) is -5.81. The Hall–Kier alpha value is -2.19. The van der Waals surface area contributed by atoms with E-state index in [1.807, 2.05) is 0 Å². The molecule has 4 nitrogen and oxygen atoms in total. The quantitative estimate of drug-likeness (QED) is 0.481. The van der Waals surface area contributed by atoms with Crippen LogP contribution in [0, 0.1) is 0 Å². The topological polar surface area (TPSA) is 58.5 Å². The molecule has 1 aromatic heterocycles. The van der Waals surface area contributed by atoms with Gasteiger partial charge in [0.2, 0.25) is 0 Å². The minimum atomic E-state index is -4.85. The molecule has 2 aromatic rings. The fourth-order valence-corrected chi connectivity index (χ4v) is 2.59. The molecule has 0 fully saturated rings. The van der Waals surface area contributed by atoms with E-state index in [9.17, 15) is 22.8 Å². The molecule has 0 aliphatic rings. The molecule has 0 unspecified atom stereocenters. The highest BCUT2D eigenvalue weighted by Crippen LogP contribution is 2.22. The minimum absolute atomic E-state index is 0.0194. The van der Waals surface area contributed by atoms with Gasteiger partial charge < -0.3 is 0 Å². The minimum Gasteiger partial charge on any atom is -0.293 e. The first kappa shape index (κ1) is 18.2. The summed E-state index contributed by atoms with van der Waals surface area (Å²) in [5.41, 5.74) is 0.386. The molecular weight excluding hydrogens is 365 g/mol. The van der Waals surface area contributed by atoms with Crippen LogP contribution >= 0.6 is 22.9 Å². The van der Waals surface area contributed by atoms with Crippen molar-refractivity contribution in [2.45, 2.75) is 12.6 Å². The first-order chi connectivity index (χ1) is 11.3. The number of ketones is 1. The van der Waals surface area contributed by atoms with E-state index in [4.69, 9.17) is 11.6 Å². The van der Waals surface area contributed by atoms with Gasteiger partial charge in [0.25, 0.3) is 5.91 Å². The van der Waals surface area contributed by atoms with E-state index in [1.165, 1.54) is 24.3 Å². The van der Waals surface area contributed by atoms with Gasteiger partial charge in [-0.2, -0.15) is 18.3 Å². The SMILES string of the molecule is O=C(C/C(=N/NC(=O)c1ccccc1Cl)C(F)(F)F)c1cccs1. The molecule has 1 N–H and O–H groups in total. The van der Waals surface area contributed by atoms with Crippen molar-refractivity contribution in [3.63, 3.8) is 0 Å². The zero-order chi connectivity index (χ0) is 17.7. The summed E-state index contributed by atoms with van der Waals surface area (Å²) in [7, 11) is 0. The van der Waals surface area contributed by atoms with Crippen LogP contribution in [0.2, 0.25) is 5.02 Å². The van der Waals surface area contributed by atoms with E-state index in [0.29, 0.717) is 0 Å². The predicted molar refractivity (Wildman–Crippen MR) is 85.7 cm³/mol. The lowest BCUT2D eigenvalue weighted by Gasteiger charge is -2.10. The number of Topliss-reactive ketones (excluding diaryl/α,β-unsaturated/α-hetero) is 1. The molecule has 0 atom stereocenters. The van der Waals surface area contributed by atoms with Crippen molar-refractivity contribution in [1.29, 1.82) is 0 Å². The Morgan fingerprint density at radius 3 is 2.46 bits per heavy atom. The summed E-state index contributed by atoms with van der Waals surface area (Å²) in [5.74, 6) is -1.63. The lowest BCUT2D eigenvalue weighted by atomic mass is 10.1. The molecule has 1 heterocycles. The Morgan fingerprint density at radius 1 is 1.17 bits per heavy atom. The molecule has 1 aromatic carbocycles. The third-order valence-electron chi connectivity index (χ3n) is 2.86. The van der Waals surface area contributed by atoms with Crippen molar-refractivity contribution in [2.75, 3.05) is 0 Å². The molecule has 0 saturated heterocycles. The van der Waals surface area contributed by atoms with E-state index in [-0.39, 0.29) is 15.5 Å². The maximum Gasteiger partial charge on any atom is 0.431 e. The highest BCUT2D eigenvalue weighted by atomic mass is 35.5. The van der Waals surface area contributed by atoms with Crippen LogP contribution in [-0.2, 0) is 0 Å². The smallest absolute Gasteiger partial charge is 0.293 e. The molecule has 0 aliphatic carbocycles. The molecule has 2 rings (SSSR count). The molecule has 126 valence electrons. The number of rotatable bonds is 5. The van der Waals surface area contributed by atoms with Crippen LogP contribution in [0.15, 0.2) is 46.9 Å². The van der Waals surface area contributed by atoms with Gasteiger partial charge in [-0.3, -0.25) is 9.59 Å². The van der Waals surface area contributed by atoms with Crippen LogP contribution in [0.25, 0.3) is 0 Å². The van der Waals surface area contributed by atoms with Gasteiger partial charge in [-0.05, 0) is 23.6 Å². The summed E-state index contributed by atoms with van der Waals surface area (Å²) in [4.78, 5) is 23.9. The number of nitrogens with one attached hydrogen (secondary N) is 1. The third-order valence-corrected chi connectivity index (χ3v) is 4.10. The number of amides is 1. The van der Waals surface area contributed by atoms with Crippen LogP contribution in [0.3, 0.4) is 0 Å². The van der Waals surface area contributed by atoms with E-state index in [1.54, 1.807) is 22.9 Å². The maximum absolute atomic E-state index is 13.0.